The normalized spacial score (nSPS) is 11.5. The van der Waals surface area contributed by atoms with Gasteiger partial charge in [0.15, 0.2) is 5.65 Å². The lowest BCUT2D eigenvalue weighted by Crippen LogP contribution is -2.15. The monoisotopic (exact) mass is 469 g/mol. The molecule has 2 N–H and O–H groups in total. The van der Waals surface area contributed by atoms with Crippen LogP contribution in [0, 0.1) is 6.92 Å². The molecule has 0 aliphatic rings. The van der Waals surface area contributed by atoms with Gasteiger partial charge < -0.3 is 14.8 Å². The van der Waals surface area contributed by atoms with E-state index < -0.39 is 16.1 Å². The van der Waals surface area contributed by atoms with E-state index in [9.17, 15) is 8.42 Å². The third kappa shape index (κ3) is 5.38. The first-order valence-electron chi connectivity index (χ1n) is 10.2. The van der Waals surface area contributed by atoms with Crippen LogP contribution in [0.5, 0.6) is 11.6 Å². The van der Waals surface area contributed by atoms with E-state index in [4.69, 9.17) is 13.7 Å². The second-order valence-corrected chi connectivity index (χ2v) is 8.62. The van der Waals surface area contributed by atoms with Gasteiger partial charge in [-0.3, -0.25) is 9.28 Å². The van der Waals surface area contributed by atoms with E-state index >= 15 is 0 Å². The molecule has 2 aromatic heterocycles. The Balaban J connectivity index is 1.57. The molecule has 0 radical (unpaired) electrons. The first kappa shape index (κ1) is 22.5. The van der Waals surface area contributed by atoms with E-state index in [2.05, 4.69) is 25.5 Å². The van der Waals surface area contributed by atoms with Gasteiger partial charge >= 0.3 is 10.1 Å². The van der Waals surface area contributed by atoms with Crippen LogP contribution >= 0.6 is 0 Å². The van der Waals surface area contributed by atoms with Gasteiger partial charge in [-0.05, 0) is 31.5 Å². The molecule has 0 fully saturated rings. The highest BCUT2D eigenvalue weighted by molar-refractivity contribution is 7.86. The summed E-state index contributed by atoms with van der Waals surface area (Å²) in [7, 11) is -3.84. The summed E-state index contributed by atoms with van der Waals surface area (Å²) in [5.74, 6) is 0.490. The summed E-state index contributed by atoms with van der Waals surface area (Å²) in [6.07, 6.45) is 1.37. The number of hydrogen-bond donors (Lipinski definition) is 2. The number of benzene rings is 2. The molecule has 33 heavy (non-hydrogen) atoms. The number of hydrogen-bond acceptors (Lipinski definition) is 9. The maximum absolute atomic E-state index is 11.8. The Bertz CT molecular complexity index is 1340. The van der Waals surface area contributed by atoms with Crippen LogP contribution in [0.15, 0.2) is 54.9 Å². The molecular formula is C22H23N5O5S. The summed E-state index contributed by atoms with van der Waals surface area (Å²) < 4.78 is 39.8. The average molecular weight is 470 g/mol. The Hall–Kier alpha value is -3.70. The molecule has 0 atom stereocenters. The second-order valence-electron chi connectivity index (χ2n) is 7.03. The number of aromatic amines is 1. The largest absolute Gasteiger partial charge is 0.489 e. The van der Waals surface area contributed by atoms with E-state index in [0.717, 1.165) is 22.6 Å². The predicted molar refractivity (Wildman–Crippen MR) is 123 cm³/mol. The molecule has 172 valence electrons. The molecule has 0 aliphatic carbocycles. The Labute approximate surface area is 191 Å². The molecule has 4 aromatic rings. The van der Waals surface area contributed by atoms with Crippen LogP contribution in [0.2, 0.25) is 0 Å². The van der Waals surface area contributed by atoms with Crippen LogP contribution in [0.1, 0.15) is 18.1 Å². The minimum atomic E-state index is -3.84. The molecule has 11 heteroatoms. The molecule has 0 saturated heterocycles. The third-order valence-corrected chi connectivity index (χ3v) is 5.74. The molecule has 0 unspecified atom stereocenters. The van der Waals surface area contributed by atoms with E-state index in [1.54, 1.807) is 6.92 Å². The van der Waals surface area contributed by atoms with Crippen LogP contribution in [0.4, 0.5) is 11.5 Å². The fourth-order valence-electron chi connectivity index (χ4n) is 3.14. The number of H-pyrrole nitrogens is 1. The highest BCUT2D eigenvalue weighted by Crippen LogP contribution is 2.33. The Morgan fingerprint density at radius 1 is 1.03 bits per heavy atom. The summed E-state index contributed by atoms with van der Waals surface area (Å²) in [6, 6.07) is 15.5. The maximum Gasteiger partial charge on any atom is 0.303 e. The quantitative estimate of drug-likeness (QED) is 0.334. The summed E-state index contributed by atoms with van der Waals surface area (Å²) in [5, 5.41) is 10.4. The number of nitrogens with zero attached hydrogens (tertiary/aromatic N) is 3. The molecule has 10 nitrogen and oxygen atoms in total. The smallest absolute Gasteiger partial charge is 0.303 e. The van der Waals surface area contributed by atoms with Crippen molar-refractivity contribution in [1.29, 1.82) is 0 Å². The highest BCUT2D eigenvalue weighted by Gasteiger charge is 2.19. The van der Waals surface area contributed by atoms with Crippen molar-refractivity contribution >= 4 is 32.7 Å². The van der Waals surface area contributed by atoms with E-state index in [-0.39, 0.29) is 12.5 Å². The lowest BCUT2D eigenvalue weighted by atomic mass is 10.1. The third-order valence-electron chi connectivity index (χ3n) is 4.74. The van der Waals surface area contributed by atoms with E-state index in [1.807, 2.05) is 55.5 Å². The van der Waals surface area contributed by atoms with Crippen molar-refractivity contribution in [2.75, 3.05) is 17.9 Å². The molecular weight excluding hydrogens is 446 g/mol. The van der Waals surface area contributed by atoms with Gasteiger partial charge in [-0.15, -0.1) is 5.10 Å². The topological polar surface area (TPSA) is 128 Å². The standard InChI is InChI=1S/C22H23N5O5S/c1-3-32-33(28,29)14-31-22-19-20(23-13-24-21(19)26-27-22)25-17-10-7-11-18(15(17)2)30-12-16-8-5-4-6-9-16/h4-11,13H,3,12,14H2,1-2H3,(H2,23,24,25,26,27). The zero-order chi connectivity index (χ0) is 23.3. The average Bonchev–Trinajstić information content (AvgIpc) is 3.23. The zero-order valence-corrected chi connectivity index (χ0v) is 18.9. The van der Waals surface area contributed by atoms with Gasteiger partial charge in [0.05, 0.1) is 6.61 Å². The number of ether oxygens (including phenoxy) is 2. The molecule has 0 saturated carbocycles. The van der Waals surface area contributed by atoms with Crippen molar-refractivity contribution in [3.63, 3.8) is 0 Å². The Kier molecular flexibility index (Phi) is 6.71. The van der Waals surface area contributed by atoms with Gasteiger partial charge in [0.25, 0.3) is 0 Å². The Morgan fingerprint density at radius 2 is 1.85 bits per heavy atom. The summed E-state index contributed by atoms with van der Waals surface area (Å²) in [5.41, 5.74) is 3.10. The van der Waals surface area contributed by atoms with Gasteiger partial charge in [0.2, 0.25) is 11.8 Å². The SMILES string of the molecule is CCOS(=O)(=O)COc1n[nH]c2ncnc(Nc3cccc(OCc4ccccc4)c3C)c12. The zero-order valence-electron chi connectivity index (χ0n) is 18.1. The van der Waals surface area contributed by atoms with Crippen molar-refractivity contribution < 1.29 is 22.1 Å². The van der Waals surface area contributed by atoms with Crippen LogP contribution in [0.3, 0.4) is 0 Å². The second kappa shape index (κ2) is 9.84. The minimum absolute atomic E-state index is 0.0187. The molecule has 4 rings (SSSR count). The van der Waals surface area contributed by atoms with Gasteiger partial charge in [0, 0.05) is 11.3 Å². The van der Waals surface area contributed by atoms with Crippen molar-refractivity contribution in [3.8, 4) is 11.6 Å². The molecule has 0 aliphatic heterocycles. The number of fused-ring (bicyclic) bond motifs is 1. The Morgan fingerprint density at radius 3 is 2.64 bits per heavy atom. The van der Waals surface area contributed by atoms with Gasteiger partial charge in [-0.1, -0.05) is 36.4 Å². The van der Waals surface area contributed by atoms with Crippen LogP contribution in [-0.4, -0.2) is 41.1 Å². The van der Waals surface area contributed by atoms with Crippen LogP contribution in [-0.2, 0) is 20.9 Å². The molecule has 2 aromatic carbocycles. The van der Waals surface area contributed by atoms with E-state index in [1.165, 1.54) is 6.33 Å². The number of anilines is 2. The first-order valence-corrected chi connectivity index (χ1v) is 11.8. The summed E-state index contributed by atoms with van der Waals surface area (Å²) in [6.45, 7) is 3.97. The number of aromatic nitrogens is 4. The van der Waals surface area contributed by atoms with Crippen molar-refractivity contribution in [2.24, 2.45) is 0 Å². The van der Waals surface area contributed by atoms with Gasteiger partial charge in [-0.25, -0.2) is 9.97 Å². The lowest BCUT2D eigenvalue weighted by Gasteiger charge is -2.14. The van der Waals surface area contributed by atoms with Crippen LogP contribution in [0.25, 0.3) is 11.0 Å². The fourth-order valence-corrected chi connectivity index (χ4v) is 3.83. The van der Waals surface area contributed by atoms with Crippen molar-refractivity contribution in [3.05, 3.63) is 66.0 Å². The van der Waals surface area contributed by atoms with Crippen molar-refractivity contribution in [1.82, 2.24) is 20.2 Å². The van der Waals surface area contributed by atoms with E-state index in [0.29, 0.717) is 23.5 Å². The van der Waals surface area contributed by atoms with Gasteiger partial charge in [0.1, 0.15) is 29.9 Å². The fraction of sp³-hybridized carbons (Fsp3) is 0.227. The van der Waals surface area contributed by atoms with Crippen molar-refractivity contribution in [2.45, 2.75) is 20.5 Å². The van der Waals surface area contributed by atoms with Crippen LogP contribution < -0.4 is 14.8 Å². The first-order chi connectivity index (χ1) is 16.0. The molecule has 2 heterocycles. The predicted octanol–water partition coefficient (Wildman–Crippen LogP) is 3.69. The summed E-state index contributed by atoms with van der Waals surface area (Å²) in [4.78, 5) is 8.43. The highest BCUT2D eigenvalue weighted by atomic mass is 32.2. The maximum atomic E-state index is 11.8. The van der Waals surface area contributed by atoms with Gasteiger partial charge in [-0.2, -0.15) is 8.42 Å². The molecule has 0 bridgehead atoms. The lowest BCUT2D eigenvalue weighted by molar-refractivity contribution is 0.296. The molecule has 0 spiro atoms. The number of rotatable bonds is 10. The molecule has 0 amide bonds. The number of nitrogens with one attached hydrogen (secondary N) is 2. The summed E-state index contributed by atoms with van der Waals surface area (Å²) >= 11 is 0. The minimum Gasteiger partial charge on any atom is -0.489 e.